The number of quaternary nitrogens is 1. The molecule has 0 fully saturated rings. The van der Waals surface area contributed by atoms with E-state index in [0.717, 1.165) is 34.6 Å². The van der Waals surface area contributed by atoms with Gasteiger partial charge in [0.05, 0.1) is 18.2 Å². The van der Waals surface area contributed by atoms with Crippen LogP contribution in [0.25, 0.3) is 0 Å². The summed E-state index contributed by atoms with van der Waals surface area (Å²) >= 11 is 0. The summed E-state index contributed by atoms with van der Waals surface area (Å²) in [6.45, 7) is 3.94. The monoisotopic (exact) mass is 313 g/mol. The molecule has 1 aromatic carbocycles. The van der Waals surface area contributed by atoms with Crippen molar-refractivity contribution in [3.63, 3.8) is 0 Å². The zero-order valence-corrected chi connectivity index (χ0v) is 13.9. The van der Waals surface area contributed by atoms with Gasteiger partial charge in [-0.2, -0.15) is 0 Å². The van der Waals surface area contributed by atoms with Crippen LogP contribution in [0.1, 0.15) is 18.1 Å². The fraction of sp³-hybridized carbons (Fsp3) is 0.333. The van der Waals surface area contributed by atoms with Crippen molar-refractivity contribution in [3.8, 4) is 5.75 Å². The Kier molecular flexibility index (Phi) is 4.05. The maximum absolute atomic E-state index is 11.2. The van der Waals surface area contributed by atoms with E-state index in [2.05, 4.69) is 35.3 Å². The van der Waals surface area contributed by atoms with Gasteiger partial charge in [0.25, 0.3) is 0 Å². The maximum atomic E-state index is 11.2. The van der Waals surface area contributed by atoms with E-state index < -0.39 is 0 Å². The Balaban J connectivity index is 1.81. The van der Waals surface area contributed by atoms with E-state index >= 15 is 0 Å². The number of fused-ring (bicyclic) bond motifs is 1. The predicted octanol–water partition coefficient (Wildman–Crippen LogP) is 1.97. The second kappa shape index (κ2) is 6.01. The molecule has 0 saturated heterocycles. The Labute approximate surface area is 136 Å². The van der Waals surface area contributed by atoms with Crippen molar-refractivity contribution in [1.82, 2.24) is 0 Å². The fourth-order valence-electron chi connectivity index (χ4n) is 3.09. The lowest BCUT2D eigenvalue weighted by Crippen LogP contribution is -2.48. The summed E-state index contributed by atoms with van der Waals surface area (Å²) in [6.07, 6.45) is 4.18. The number of carbonyl (C=O) groups is 1. The van der Waals surface area contributed by atoms with Crippen LogP contribution >= 0.6 is 0 Å². The molecule has 3 rings (SSSR count). The van der Waals surface area contributed by atoms with Crippen molar-refractivity contribution in [1.29, 1.82) is 0 Å². The summed E-state index contributed by atoms with van der Waals surface area (Å²) in [4.78, 5) is 11.2. The van der Waals surface area contributed by atoms with Gasteiger partial charge in [-0.25, -0.2) is 4.57 Å². The summed E-state index contributed by atoms with van der Waals surface area (Å²) in [5, 5.41) is 2.83. The molecule has 120 valence electrons. The first-order valence-electron chi connectivity index (χ1n) is 7.75. The number of hydrogen-bond acceptors (Lipinski definition) is 2. The average molecular weight is 313 g/mol. The molecule has 1 unspecified atom stereocenters. The quantitative estimate of drug-likeness (QED) is 0.695. The van der Waals surface area contributed by atoms with Gasteiger partial charge >= 0.3 is 0 Å². The minimum absolute atomic E-state index is 0.0595. The zero-order valence-electron chi connectivity index (χ0n) is 13.9. The molecule has 0 radical (unpaired) electrons. The third-order valence-corrected chi connectivity index (χ3v) is 4.03. The van der Waals surface area contributed by atoms with Crippen LogP contribution in [0.4, 0.5) is 5.69 Å². The van der Waals surface area contributed by atoms with Gasteiger partial charge in [-0.1, -0.05) is 0 Å². The SMILES string of the molecule is CC(=O)Nc1ccc2c(c1)C[N+](C)(Cc1ccc[n+](C)c1)CO2. The third-order valence-electron chi connectivity index (χ3n) is 4.03. The summed E-state index contributed by atoms with van der Waals surface area (Å²) in [7, 11) is 4.23. The summed E-state index contributed by atoms with van der Waals surface area (Å²) in [6, 6.07) is 10.0. The van der Waals surface area contributed by atoms with E-state index in [0.29, 0.717) is 6.73 Å². The molecule has 0 bridgehead atoms. The minimum Gasteiger partial charge on any atom is -0.445 e. The van der Waals surface area contributed by atoms with E-state index in [4.69, 9.17) is 4.74 Å². The third kappa shape index (κ3) is 3.68. The van der Waals surface area contributed by atoms with Crippen molar-refractivity contribution < 1.29 is 18.6 Å². The molecule has 5 nitrogen and oxygen atoms in total. The van der Waals surface area contributed by atoms with E-state index in [-0.39, 0.29) is 5.91 Å². The van der Waals surface area contributed by atoms with Crippen LogP contribution in [0, 0.1) is 0 Å². The molecule has 1 aliphatic heterocycles. The number of nitrogens with one attached hydrogen (secondary N) is 1. The Morgan fingerprint density at radius 1 is 1.39 bits per heavy atom. The molecule has 1 N–H and O–H groups in total. The molecule has 0 saturated carbocycles. The predicted molar refractivity (Wildman–Crippen MR) is 87.5 cm³/mol. The molecule has 0 aliphatic carbocycles. The Morgan fingerprint density at radius 2 is 2.22 bits per heavy atom. The number of amides is 1. The maximum Gasteiger partial charge on any atom is 0.224 e. The Morgan fingerprint density at radius 3 is 2.96 bits per heavy atom. The first kappa shape index (κ1) is 15.5. The molecule has 0 spiro atoms. The van der Waals surface area contributed by atoms with E-state index in [1.54, 1.807) is 0 Å². The molecule has 23 heavy (non-hydrogen) atoms. The molecule has 1 amide bonds. The summed E-state index contributed by atoms with van der Waals surface area (Å²) < 4.78 is 8.80. The number of rotatable bonds is 3. The highest BCUT2D eigenvalue weighted by Gasteiger charge is 2.30. The molecule has 1 aliphatic rings. The highest BCUT2D eigenvalue weighted by atomic mass is 16.5. The fourth-order valence-corrected chi connectivity index (χ4v) is 3.09. The van der Waals surface area contributed by atoms with Crippen molar-refractivity contribution in [2.24, 2.45) is 7.05 Å². The summed E-state index contributed by atoms with van der Waals surface area (Å²) in [5.74, 6) is 0.851. The van der Waals surface area contributed by atoms with Crippen LogP contribution < -0.4 is 14.6 Å². The van der Waals surface area contributed by atoms with Gasteiger partial charge in [-0.15, -0.1) is 0 Å². The van der Waals surface area contributed by atoms with Crippen molar-refractivity contribution in [2.45, 2.75) is 20.0 Å². The second-order valence-electron chi connectivity index (χ2n) is 6.59. The topological polar surface area (TPSA) is 42.2 Å². The number of hydrogen-bond donors (Lipinski definition) is 1. The number of pyridine rings is 1. The highest BCUT2D eigenvalue weighted by molar-refractivity contribution is 5.88. The smallest absolute Gasteiger partial charge is 0.224 e. The largest absolute Gasteiger partial charge is 0.445 e. The number of aryl methyl sites for hydroxylation is 1. The number of benzene rings is 1. The lowest BCUT2D eigenvalue weighted by molar-refractivity contribution is -0.952. The van der Waals surface area contributed by atoms with E-state index in [1.807, 2.05) is 31.4 Å². The second-order valence-corrected chi connectivity index (χ2v) is 6.59. The molecule has 2 heterocycles. The van der Waals surface area contributed by atoms with Gasteiger partial charge in [0.15, 0.2) is 12.4 Å². The van der Waals surface area contributed by atoms with Crippen LogP contribution in [-0.4, -0.2) is 24.2 Å². The molecule has 1 atom stereocenters. The molecule has 1 aromatic heterocycles. The van der Waals surface area contributed by atoms with Crippen molar-refractivity contribution >= 4 is 11.6 Å². The van der Waals surface area contributed by atoms with Crippen molar-refractivity contribution in [3.05, 3.63) is 53.9 Å². The lowest BCUT2D eigenvalue weighted by Gasteiger charge is -2.37. The van der Waals surface area contributed by atoms with Gasteiger partial charge in [0, 0.05) is 18.7 Å². The first-order chi connectivity index (χ1) is 10.9. The number of carbonyl (C=O) groups excluding carboxylic acids is 1. The van der Waals surface area contributed by atoms with Crippen molar-refractivity contribution in [2.75, 3.05) is 19.1 Å². The van der Waals surface area contributed by atoms with Crippen LogP contribution in [0.5, 0.6) is 5.75 Å². The zero-order chi connectivity index (χ0) is 16.4. The van der Waals surface area contributed by atoms with E-state index in [9.17, 15) is 4.79 Å². The number of nitrogens with zero attached hydrogens (tertiary/aromatic N) is 2. The van der Waals surface area contributed by atoms with Crippen LogP contribution in [0.3, 0.4) is 0 Å². The van der Waals surface area contributed by atoms with Gasteiger partial charge in [-0.05, 0) is 24.3 Å². The standard InChI is InChI=1S/C18H22N3O2/c1-14(22)19-17-6-7-18-16(9-17)12-21(3,13-23-18)11-15-5-4-8-20(2)10-15/h4-10H,11-13H2,1-3H3/q+1/p+1. The Bertz CT molecular complexity index is 745. The lowest BCUT2D eigenvalue weighted by atomic mass is 10.1. The molecular weight excluding hydrogens is 290 g/mol. The Hall–Kier alpha value is -2.40. The first-order valence-corrected chi connectivity index (χ1v) is 7.75. The molecule has 2 aromatic rings. The number of ether oxygens (including phenoxy) is 1. The highest BCUT2D eigenvalue weighted by Crippen LogP contribution is 2.31. The molecular formula is C18H23N3O2+2. The number of aromatic nitrogens is 1. The van der Waals surface area contributed by atoms with Crippen LogP contribution in [0.2, 0.25) is 0 Å². The van der Waals surface area contributed by atoms with Gasteiger partial charge in [-0.3, -0.25) is 9.28 Å². The van der Waals surface area contributed by atoms with Gasteiger partial charge in [0.2, 0.25) is 12.6 Å². The van der Waals surface area contributed by atoms with Crippen LogP contribution in [-0.2, 0) is 24.9 Å². The van der Waals surface area contributed by atoms with E-state index in [1.165, 1.54) is 12.5 Å². The van der Waals surface area contributed by atoms with Gasteiger partial charge in [0.1, 0.15) is 25.9 Å². The summed E-state index contributed by atoms with van der Waals surface area (Å²) in [5.41, 5.74) is 3.23. The average Bonchev–Trinajstić information content (AvgIpc) is 2.45. The number of anilines is 1. The minimum atomic E-state index is -0.0595. The molecule has 5 heteroatoms. The normalized spacial score (nSPS) is 19.6. The van der Waals surface area contributed by atoms with Gasteiger partial charge < -0.3 is 10.1 Å². The van der Waals surface area contributed by atoms with Crippen LogP contribution in [0.15, 0.2) is 42.7 Å².